The van der Waals surface area contributed by atoms with E-state index in [-0.39, 0.29) is 0 Å². The molecule has 0 bridgehead atoms. The van der Waals surface area contributed by atoms with Gasteiger partial charge in [-0.05, 0) is 122 Å². The van der Waals surface area contributed by atoms with Gasteiger partial charge in [0, 0.05) is 0 Å². The molecule has 53 heavy (non-hydrogen) atoms. The molecule has 0 aromatic heterocycles. The molecule has 10 aromatic rings. The summed E-state index contributed by atoms with van der Waals surface area (Å²) in [6, 6.07) is 72.9. The monoisotopic (exact) mass is 668 g/mol. The highest BCUT2D eigenvalue weighted by atomic mass is 14.5. The smallest absolute Gasteiger partial charge is 0.0619 e. The number of hydrogen-bond acceptors (Lipinski definition) is 0. The van der Waals surface area contributed by atoms with Gasteiger partial charge < -0.3 is 0 Å². The zero-order valence-electron chi connectivity index (χ0n) is 29.0. The summed E-state index contributed by atoms with van der Waals surface area (Å²) in [5, 5.41) is 10.2. The van der Waals surface area contributed by atoms with Gasteiger partial charge in [-0.25, -0.2) is 0 Å². The lowest BCUT2D eigenvalue weighted by Crippen LogP contribution is -2.26. The Kier molecular flexibility index (Phi) is 5.80. The third-order valence-corrected chi connectivity index (χ3v) is 12.2. The van der Waals surface area contributed by atoms with Crippen molar-refractivity contribution in [3.63, 3.8) is 0 Å². The van der Waals surface area contributed by atoms with Crippen molar-refractivity contribution in [2.75, 3.05) is 0 Å². The maximum atomic E-state index is 2.55. The lowest BCUT2D eigenvalue weighted by molar-refractivity contribution is 0.801. The molecule has 1 spiro atoms. The van der Waals surface area contributed by atoms with Gasteiger partial charge in [0.1, 0.15) is 0 Å². The zero-order valence-corrected chi connectivity index (χ0v) is 29.0. The first-order valence-electron chi connectivity index (χ1n) is 18.6. The summed E-state index contributed by atoms with van der Waals surface area (Å²) in [5.74, 6) is 0. The second-order valence-corrected chi connectivity index (χ2v) is 14.7. The minimum absolute atomic E-state index is 0.439. The van der Waals surface area contributed by atoms with E-state index in [9.17, 15) is 0 Å². The van der Waals surface area contributed by atoms with Crippen molar-refractivity contribution in [3.05, 3.63) is 216 Å². The summed E-state index contributed by atoms with van der Waals surface area (Å²) in [4.78, 5) is 0. The minimum atomic E-state index is -0.439. The lowest BCUT2D eigenvalue weighted by atomic mass is 9.69. The predicted octanol–water partition coefficient (Wildman–Crippen LogP) is 14.0. The van der Waals surface area contributed by atoms with Crippen molar-refractivity contribution >= 4 is 43.1 Å². The summed E-state index contributed by atoms with van der Waals surface area (Å²) in [5.41, 5.74) is 15.5. The van der Waals surface area contributed by atoms with Gasteiger partial charge in [-0.15, -0.1) is 0 Å². The molecule has 0 N–H and O–H groups in total. The average Bonchev–Trinajstić information content (AvgIpc) is 3.69. The van der Waals surface area contributed by atoms with Crippen molar-refractivity contribution in [3.8, 4) is 44.5 Å². The fourth-order valence-corrected chi connectivity index (χ4v) is 10.2. The molecule has 0 atom stereocenters. The van der Waals surface area contributed by atoms with E-state index in [1.54, 1.807) is 0 Å². The number of hydrogen-bond donors (Lipinski definition) is 0. The summed E-state index contributed by atoms with van der Waals surface area (Å²) in [6.07, 6.45) is 0. The highest BCUT2D eigenvalue weighted by molar-refractivity contribution is 6.22. The van der Waals surface area contributed by atoms with Gasteiger partial charge in [0.2, 0.25) is 0 Å². The topological polar surface area (TPSA) is 0 Å². The van der Waals surface area contributed by atoms with Crippen LogP contribution in [0.25, 0.3) is 87.6 Å². The van der Waals surface area contributed by atoms with Crippen LogP contribution in [-0.2, 0) is 5.41 Å². The second-order valence-electron chi connectivity index (χ2n) is 14.7. The molecule has 0 nitrogen and oxygen atoms in total. The molecule has 0 unspecified atom stereocenters. The van der Waals surface area contributed by atoms with E-state index in [2.05, 4.69) is 194 Å². The molecule has 0 aliphatic heterocycles. The van der Waals surface area contributed by atoms with Crippen molar-refractivity contribution < 1.29 is 0 Å². The van der Waals surface area contributed by atoms with Crippen LogP contribution in [0.1, 0.15) is 22.3 Å². The van der Waals surface area contributed by atoms with Crippen molar-refractivity contribution in [1.82, 2.24) is 0 Å². The van der Waals surface area contributed by atoms with Crippen LogP contribution in [0.2, 0.25) is 0 Å². The van der Waals surface area contributed by atoms with Crippen molar-refractivity contribution in [2.24, 2.45) is 0 Å². The molecule has 2 aliphatic rings. The number of fused-ring (bicyclic) bond motifs is 15. The Morgan fingerprint density at radius 1 is 0.264 bits per heavy atom. The summed E-state index contributed by atoms with van der Waals surface area (Å²) in [6.45, 7) is 0. The van der Waals surface area contributed by atoms with Crippen LogP contribution < -0.4 is 0 Å². The van der Waals surface area contributed by atoms with Gasteiger partial charge in [0.05, 0.1) is 5.41 Å². The lowest BCUT2D eigenvalue weighted by Gasteiger charge is -2.32. The third-order valence-electron chi connectivity index (χ3n) is 12.2. The molecule has 0 saturated heterocycles. The van der Waals surface area contributed by atoms with Gasteiger partial charge in [-0.1, -0.05) is 182 Å². The van der Waals surface area contributed by atoms with E-state index in [4.69, 9.17) is 0 Å². The molecule has 0 radical (unpaired) electrons. The first-order chi connectivity index (χ1) is 26.3. The van der Waals surface area contributed by atoms with Gasteiger partial charge >= 0.3 is 0 Å². The van der Waals surface area contributed by atoms with Crippen LogP contribution in [0.15, 0.2) is 194 Å². The molecular formula is C53H32. The normalized spacial score (nSPS) is 13.4. The van der Waals surface area contributed by atoms with Crippen molar-refractivity contribution in [1.29, 1.82) is 0 Å². The zero-order chi connectivity index (χ0) is 34.7. The molecule has 0 saturated carbocycles. The van der Waals surface area contributed by atoms with Gasteiger partial charge in [0.15, 0.2) is 0 Å². The largest absolute Gasteiger partial charge is 0.0731 e. The number of rotatable bonds is 2. The standard InChI is InChI=1S/C53H32/c1-2-15-35-31-36(26-25-33(35)13-1)50-42-19-5-7-21-44(42)51(45-22-8-6-20-43(45)50)37-28-29-41-46-30-27-34-14-3-4-16-38(34)52(46)53(49(41)32-37)47-23-11-9-17-39(47)40-18-10-12-24-48(40)53/h1-32H. The highest BCUT2D eigenvalue weighted by Gasteiger charge is 2.52. The molecule has 244 valence electrons. The van der Waals surface area contributed by atoms with E-state index in [0.29, 0.717) is 0 Å². The van der Waals surface area contributed by atoms with Crippen molar-refractivity contribution in [2.45, 2.75) is 5.41 Å². The Labute approximate surface area is 308 Å². The molecule has 0 amide bonds. The van der Waals surface area contributed by atoms with E-state index in [1.807, 2.05) is 0 Å². The predicted molar refractivity (Wildman–Crippen MR) is 224 cm³/mol. The second kappa shape index (κ2) is 10.6. The molecular weight excluding hydrogens is 637 g/mol. The van der Waals surface area contributed by atoms with Gasteiger partial charge in [0.25, 0.3) is 0 Å². The van der Waals surface area contributed by atoms with E-state index >= 15 is 0 Å². The molecule has 0 fully saturated rings. The first kappa shape index (κ1) is 28.9. The van der Waals surface area contributed by atoms with Crippen LogP contribution in [0.4, 0.5) is 0 Å². The summed E-state index contributed by atoms with van der Waals surface area (Å²) in [7, 11) is 0. The first-order valence-corrected chi connectivity index (χ1v) is 18.6. The van der Waals surface area contributed by atoms with Gasteiger partial charge in [-0.2, -0.15) is 0 Å². The Hall–Kier alpha value is -6.76. The Morgan fingerprint density at radius 3 is 1.34 bits per heavy atom. The summed E-state index contributed by atoms with van der Waals surface area (Å²) >= 11 is 0. The molecule has 12 rings (SSSR count). The SMILES string of the molecule is c1ccc2c(c1)-c1ccccc1C21c2cc(-c3c4ccccc4c(-c4ccc5ccccc5c4)c4ccccc34)ccc2-c2ccc3ccccc3c21. The maximum absolute atomic E-state index is 2.55. The van der Waals surface area contributed by atoms with Gasteiger partial charge in [-0.3, -0.25) is 0 Å². The fraction of sp³-hybridized carbons (Fsp3) is 0.0189. The van der Waals surface area contributed by atoms with Crippen LogP contribution in [0.5, 0.6) is 0 Å². The highest BCUT2D eigenvalue weighted by Crippen LogP contribution is 2.64. The molecule has 10 aromatic carbocycles. The Balaban J connectivity index is 1.20. The fourth-order valence-electron chi connectivity index (χ4n) is 10.2. The van der Waals surface area contributed by atoms with Crippen LogP contribution in [-0.4, -0.2) is 0 Å². The summed E-state index contributed by atoms with van der Waals surface area (Å²) < 4.78 is 0. The average molecular weight is 669 g/mol. The van der Waals surface area contributed by atoms with E-state index in [1.165, 1.54) is 110 Å². The minimum Gasteiger partial charge on any atom is -0.0619 e. The van der Waals surface area contributed by atoms with Crippen LogP contribution >= 0.6 is 0 Å². The molecule has 0 heteroatoms. The molecule has 2 aliphatic carbocycles. The Morgan fingerprint density at radius 2 is 0.698 bits per heavy atom. The van der Waals surface area contributed by atoms with E-state index < -0.39 is 5.41 Å². The van der Waals surface area contributed by atoms with Crippen LogP contribution in [0, 0.1) is 0 Å². The maximum Gasteiger partial charge on any atom is 0.0731 e. The van der Waals surface area contributed by atoms with Crippen LogP contribution in [0.3, 0.4) is 0 Å². The molecule has 0 heterocycles. The quantitative estimate of drug-likeness (QED) is 0.161. The third kappa shape index (κ3) is 3.75. The van der Waals surface area contributed by atoms with E-state index in [0.717, 1.165) is 0 Å². The Bertz CT molecular complexity index is 3080. The number of benzene rings is 10.